The summed E-state index contributed by atoms with van der Waals surface area (Å²) in [7, 11) is 0. The van der Waals surface area contributed by atoms with Gasteiger partial charge in [0, 0.05) is 17.5 Å². The van der Waals surface area contributed by atoms with Crippen molar-refractivity contribution < 1.29 is 4.92 Å². The van der Waals surface area contributed by atoms with E-state index in [2.05, 4.69) is 10.2 Å². The first-order valence-corrected chi connectivity index (χ1v) is 7.92. The molecular formula is C18H14N6O2. The van der Waals surface area contributed by atoms with Gasteiger partial charge in [-0.15, -0.1) is 10.2 Å². The van der Waals surface area contributed by atoms with Crippen LogP contribution in [0.15, 0.2) is 73.3 Å². The summed E-state index contributed by atoms with van der Waals surface area (Å²) in [4.78, 5) is 15.2. The summed E-state index contributed by atoms with van der Waals surface area (Å²) in [6, 6.07) is 18.2. The highest BCUT2D eigenvalue weighted by atomic mass is 16.6. The molecule has 0 amide bonds. The normalized spacial score (nSPS) is 10.8. The number of nitrogens with zero attached hydrogens (tertiary/aromatic N) is 6. The summed E-state index contributed by atoms with van der Waals surface area (Å²) in [6.07, 6.45) is 3.14. The second kappa shape index (κ2) is 6.60. The van der Waals surface area contributed by atoms with Crippen LogP contribution in [0.2, 0.25) is 0 Å². The molecule has 8 heteroatoms. The Morgan fingerprint density at radius 2 is 1.69 bits per heavy atom. The largest absolute Gasteiger partial charge is 0.273 e. The molecule has 26 heavy (non-hydrogen) atoms. The Bertz CT molecular complexity index is 1050. The Balaban J connectivity index is 1.70. The lowest BCUT2D eigenvalue weighted by Gasteiger charge is -2.24. The van der Waals surface area contributed by atoms with Crippen molar-refractivity contribution in [3.63, 3.8) is 0 Å². The van der Waals surface area contributed by atoms with Gasteiger partial charge in [0.05, 0.1) is 28.4 Å². The van der Waals surface area contributed by atoms with Crippen LogP contribution in [0.3, 0.4) is 0 Å². The van der Waals surface area contributed by atoms with Crippen molar-refractivity contribution >= 4 is 22.3 Å². The van der Waals surface area contributed by atoms with Crippen molar-refractivity contribution in [3.8, 4) is 0 Å². The molecule has 128 valence electrons. The first-order chi connectivity index (χ1) is 12.7. The highest BCUT2D eigenvalue weighted by Crippen LogP contribution is 2.22. The number of aromatic nitrogens is 4. The Morgan fingerprint density at radius 1 is 0.962 bits per heavy atom. The fourth-order valence-electron chi connectivity index (χ4n) is 2.72. The van der Waals surface area contributed by atoms with E-state index in [0.717, 1.165) is 22.3 Å². The number of fused-ring (bicyclic) bond motifs is 1. The number of non-ortho nitro benzene ring substituents is 1. The molecule has 0 aliphatic heterocycles. The van der Waals surface area contributed by atoms with E-state index < -0.39 is 4.92 Å². The van der Waals surface area contributed by atoms with Crippen molar-refractivity contribution in [2.24, 2.45) is 0 Å². The van der Waals surface area contributed by atoms with Crippen LogP contribution in [0.1, 0.15) is 5.69 Å². The predicted molar refractivity (Wildman–Crippen MR) is 96.4 cm³/mol. The van der Waals surface area contributed by atoms with Gasteiger partial charge in [-0.05, 0) is 24.3 Å². The highest BCUT2D eigenvalue weighted by Gasteiger charge is 2.13. The van der Waals surface area contributed by atoms with Crippen molar-refractivity contribution in [1.82, 2.24) is 19.9 Å². The standard InChI is InChI=1S/C18H14N6O2/c25-24(26)17-9-7-16(8-10-17)23(22-12-19-20-13-22)11-15-6-5-14-3-1-2-4-18(14)21-15/h1-10,12-13H,11H2. The number of hydrogen-bond acceptors (Lipinski definition) is 6. The Kier molecular flexibility index (Phi) is 3.98. The van der Waals surface area contributed by atoms with E-state index in [1.165, 1.54) is 12.1 Å². The molecule has 0 saturated heterocycles. The van der Waals surface area contributed by atoms with E-state index in [4.69, 9.17) is 4.98 Å². The van der Waals surface area contributed by atoms with Gasteiger partial charge in [-0.3, -0.25) is 20.1 Å². The monoisotopic (exact) mass is 346 g/mol. The number of nitro benzene ring substituents is 1. The molecule has 8 nitrogen and oxygen atoms in total. The molecule has 4 aromatic rings. The maximum Gasteiger partial charge on any atom is 0.269 e. The maximum absolute atomic E-state index is 10.9. The molecule has 2 aromatic carbocycles. The second-order valence-corrected chi connectivity index (χ2v) is 5.67. The SMILES string of the molecule is O=[N+]([O-])c1ccc(N(Cc2ccc3ccccc3n2)n2cnnc2)cc1. The molecule has 2 aromatic heterocycles. The lowest BCUT2D eigenvalue weighted by atomic mass is 10.2. The van der Waals surface area contributed by atoms with Crippen LogP contribution in [0.5, 0.6) is 0 Å². The zero-order chi connectivity index (χ0) is 17.9. The summed E-state index contributed by atoms with van der Waals surface area (Å²) in [5.41, 5.74) is 2.58. The fourth-order valence-corrected chi connectivity index (χ4v) is 2.72. The van der Waals surface area contributed by atoms with Gasteiger partial charge in [-0.1, -0.05) is 24.3 Å². The van der Waals surface area contributed by atoms with Crippen LogP contribution in [0.25, 0.3) is 10.9 Å². The van der Waals surface area contributed by atoms with Crippen molar-refractivity contribution in [1.29, 1.82) is 0 Å². The van der Waals surface area contributed by atoms with Crippen LogP contribution < -0.4 is 5.01 Å². The number of para-hydroxylation sites is 1. The van der Waals surface area contributed by atoms with Gasteiger partial charge < -0.3 is 0 Å². The average molecular weight is 346 g/mol. The highest BCUT2D eigenvalue weighted by molar-refractivity contribution is 5.78. The van der Waals surface area contributed by atoms with Gasteiger partial charge in [0.1, 0.15) is 12.7 Å². The first kappa shape index (κ1) is 15.7. The van der Waals surface area contributed by atoms with E-state index >= 15 is 0 Å². The van der Waals surface area contributed by atoms with Crippen LogP contribution in [-0.2, 0) is 6.54 Å². The number of benzene rings is 2. The quantitative estimate of drug-likeness (QED) is 0.407. The van der Waals surface area contributed by atoms with Crippen LogP contribution in [0.4, 0.5) is 11.4 Å². The van der Waals surface area contributed by atoms with Gasteiger partial charge in [0.25, 0.3) is 5.69 Å². The summed E-state index contributed by atoms with van der Waals surface area (Å²) in [6.45, 7) is 0.459. The van der Waals surface area contributed by atoms with E-state index in [1.54, 1.807) is 29.5 Å². The number of rotatable bonds is 5. The van der Waals surface area contributed by atoms with Gasteiger partial charge in [0.15, 0.2) is 0 Å². The molecule has 0 N–H and O–H groups in total. The topological polar surface area (TPSA) is 90.0 Å². The van der Waals surface area contributed by atoms with E-state index in [-0.39, 0.29) is 5.69 Å². The summed E-state index contributed by atoms with van der Waals surface area (Å²) >= 11 is 0. The molecule has 0 aliphatic carbocycles. The molecule has 4 rings (SSSR count). The summed E-state index contributed by atoms with van der Waals surface area (Å²) < 4.78 is 1.72. The maximum atomic E-state index is 10.9. The molecular weight excluding hydrogens is 332 g/mol. The minimum absolute atomic E-state index is 0.0429. The molecule has 2 heterocycles. The van der Waals surface area contributed by atoms with Crippen molar-refractivity contribution in [2.75, 3.05) is 5.01 Å². The molecule has 0 radical (unpaired) electrons. The molecule has 0 aliphatic rings. The lowest BCUT2D eigenvalue weighted by Crippen LogP contribution is -2.28. The van der Waals surface area contributed by atoms with Crippen LogP contribution >= 0.6 is 0 Å². The fraction of sp³-hybridized carbons (Fsp3) is 0.0556. The Labute approximate surface area is 148 Å². The van der Waals surface area contributed by atoms with Gasteiger partial charge >= 0.3 is 0 Å². The Morgan fingerprint density at radius 3 is 2.42 bits per heavy atom. The molecule has 0 unspecified atom stereocenters. The molecule has 0 spiro atoms. The molecule has 0 saturated carbocycles. The minimum atomic E-state index is -0.419. The third-order valence-electron chi connectivity index (χ3n) is 4.01. The average Bonchev–Trinajstić information content (AvgIpc) is 3.20. The zero-order valence-corrected chi connectivity index (χ0v) is 13.6. The van der Waals surface area contributed by atoms with Crippen molar-refractivity contribution in [3.05, 3.63) is 89.1 Å². The minimum Gasteiger partial charge on any atom is -0.273 e. The number of pyridine rings is 1. The van der Waals surface area contributed by atoms with Crippen molar-refractivity contribution in [2.45, 2.75) is 6.54 Å². The van der Waals surface area contributed by atoms with E-state index in [0.29, 0.717) is 6.54 Å². The number of nitro groups is 1. The smallest absolute Gasteiger partial charge is 0.269 e. The van der Waals surface area contributed by atoms with Crippen LogP contribution in [0, 0.1) is 10.1 Å². The number of anilines is 1. The zero-order valence-electron chi connectivity index (χ0n) is 13.6. The molecule has 0 fully saturated rings. The Hall–Kier alpha value is -3.81. The van der Waals surface area contributed by atoms with Gasteiger partial charge in [-0.25, -0.2) is 4.68 Å². The predicted octanol–water partition coefficient (Wildman–Crippen LogP) is 3.20. The third kappa shape index (κ3) is 3.07. The lowest BCUT2D eigenvalue weighted by molar-refractivity contribution is -0.384. The number of hydrogen-bond donors (Lipinski definition) is 0. The molecule has 0 bridgehead atoms. The summed E-state index contributed by atoms with van der Waals surface area (Å²) in [5, 5.41) is 21.5. The second-order valence-electron chi connectivity index (χ2n) is 5.67. The summed E-state index contributed by atoms with van der Waals surface area (Å²) in [5.74, 6) is 0. The van der Waals surface area contributed by atoms with E-state index in [9.17, 15) is 10.1 Å². The third-order valence-corrected chi connectivity index (χ3v) is 4.01. The van der Waals surface area contributed by atoms with E-state index in [1.807, 2.05) is 41.4 Å². The first-order valence-electron chi connectivity index (χ1n) is 7.92. The molecule has 0 atom stereocenters. The van der Waals surface area contributed by atoms with Crippen LogP contribution in [-0.4, -0.2) is 24.8 Å². The van der Waals surface area contributed by atoms with Gasteiger partial charge in [-0.2, -0.15) is 0 Å². The van der Waals surface area contributed by atoms with Gasteiger partial charge in [0.2, 0.25) is 0 Å².